The van der Waals surface area contributed by atoms with Gasteiger partial charge in [0.15, 0.2) is 0 Å². The molecule has 0 rings (SSSR count). The van der Waals surface area contributed by atoms with Gasteiger partial charge in [0.1, 0.15) is 0 Å². The zero-order chi connectivity index (χ0) is 24.9. The van der Waals surface area contributed by atoms with Gasteiger partial charge >= 0.3 is 0 Å². The van der Waals surface area contributed by atoms with Crippen molar-refractivity contribution in [2.75, 3.05) is 69.0 Å². The van der Waals surface area contributed by atoms with Crippen molar-refractivity contribution in [2.24, 2.45) is 0 Å². The van der Waals surface area contributed by atoms with E-state index in [1.54, 1.807) is 0 Å². The maximum absolute atomic E-state index is 9.62. The lowest BCUT2D eigenvalue weighted by Crippen LogP contribution is -2.19. The summed E-state index contributed by atoms with van der Waals surface area (Å²) < 4.78 is 0. The number of hydrogen-bond acceptors (Lipinski definition) is 11. The molecule has 0 heterocycles. The summed E-state index contributed by atoms with van der Waals surface area (Å²) in [5.41, 5.74) is 0. The minimum atomic E-state index is -0.261. The highest BCUT2D eigenvalue weighted by Gasteiger charge is 2.16. The van der Waals surface area contributed by atoms with Crippen LogP contribution in [-0.4, -0.2) is 124 Å². The third-order valence-corrected chi connectivity index (χ3v) is 14.1. The fourth-order valence-electron chi connectivity index (χ4n) is 2.39. The third kappa shape index (κ3) is 27.1. The summed E-state index contributed by atoms with van der Waals surface area (Å²) in [7, 11) is 0. The number of rotatable bonds is 24. The van der Waals surface area contributed by atoms with Gasteiger partial charge in [0.05, 0.1) is 24.4 Å². The van der Waals surface area contributed by atoms with Gasteiger partial charge < -0.3 is 20.4 Å². The predicted molar refractivity (Wildman–Crippen MR) is 166 cm³/mol. The summed E-state index contributed by atoms with van der Waals surface area (Å²) in [5.74, 6) is 11.9. The van der Waals surface area contributed by atoms with Gasteiger partial charge in [0.2, 0.25) is 0 Å². The van der Waals surface area contributed by atoms with Gasteiger partial charge in [0.25, 0.3) is 0 Å². The van der Waals surface area contributed by atoms with Crippen molar-refractivity contribution in [2.45, 2.75) is 62.6 Å². The van der Waals surface area contributed by atoms with Crippen LogP contribution in [0.2, 0.25) is 0 Å². The highest BCUT2D eigenvalue weighted by atomic mass is 32.2. The van der Waals surface area contributed by atoms with Crippen molar-refractivity contribution >= 4 is 82.3 Å². The fraction of sp³-hybridized carbons (Fsp3) is 1.00. The SMILES string of the molecule is CC(O)CSCCSCC(CSCC(C)O)SCC(CSCC(C)O)SCCSCC(C)O. The Morgan fingerprint density at radius 3 is 1.18 bits per heavy atom. The summed E-state index contributed by atoms with van der Waals surface area (Å²) in [6.45, 7) is 7.38. The van der Waals surface area contributed by atoms with Crippen LogP contribution in [0.1, 0.15) is 27.7 Å². The maximum atomic E-state index is 9.62. The molecule has 0 aliphatic rings. The van der Waals surface area contributed by atoms with Crippen molar-refractivity contribution in [1.82, 2.24) is 0 Å². The number of aliphatic hydroxyl groups is 4. The molecular weight excluding hydrogens is 553 g/mol. The van der Waals surface area contributed by atoms with Crippen LogP contribution in [0, 0.1) is 0 Å². The Balaban J connectivity index is 4.50. The number of aliphatic hydroxyl groups excluding tert-OH is 4. The van der Waals surface area contributed by atoms with Gasteiger partial charge in [-0.15, -0.1) is 0 Å². The molecule has 4 N–H and O–H groups in total. The molecule has 0 fully saturated rings. The zero-order valence-electron chi connectivity index (χ0n) is 20.6. The van der Waals surface area contributed by atoms with E-state index in [9.17, 15) is 20.4 Å². The van der Waals surface area contributed by atoms with E-state index in [-0.39, 0.29) is 24.4 Å². The molecule has 0 bridgehead atoms. The first-order valence-corrected chi connectivity index (χ1v) is 19.4. The van der Waals surface area contributed by atoms with Crippen LogP contribution in [0.5, 0.6) is 0 Å². The molecule has 33 heavy (non-hydrogen) atoms. The number of thioether (sulfide) groups is 7. The summed E-state index contributed by atoms with van der Waals surface area (Å²) in [5, 5.41) is 39.2. The van der Waals surface area contributed by atoms with E-state index in [2.05, 4.69) is 11.8 Å². The van der Waals surface area contributed by atoms with Crippen molar-refractivity contribution in [3.63, 3.8) is 0 Å². The number of hydrogen-bond donors (Lipinski definition) is 4. The Labute approximate surface area is 232 Å². The van der Waals surface area contributed by atoms with E-state index in [0.29, 0.717) is 10.5 Å². The normalized spacial score (nSPS) is 17.5. The van der Waals surface area contributed by atoms with Crippen LogP contribution in [0.3, 0.4) is 0 Å². The molecule has 6 atom stereocenters. The van der Waals surface area contributed by atoms with Crippen LogP contribution in [0.4, 0.5) is 0 Å². The standard InChI is InChI=1S/C22H46O4S7/c1-17(23)9-27-5-6-29-13-21(14-30-11-19(3)25)33-16-22(15-31-12-20(4)26)32-8-7-28-10-18(2)24/h17-26H,5-16H2,1-4H3. The Kier molecular flexibility index (Phi) is 26.3. The van der Waals surface area contributed by atoms with Crippen molar-refractivity contribution in [3.05, 3.63) is 0 Å². The Morgan fingerprint density at radius 2 is 0.727 bits per heavy atom. The Bertz CT molecular complexity index is 418. The average Bonchev–Trinajstić information content (AvgIpc) is 2.71. The van der Waals surface area contributed by atoms with E-state index in [0.717, 1.165) is 69.0 Å². The van der Waals surface area contributed by atoms with Crippen molar-refractivity contribution < 1.29 is 20.4 Å². The lowest BCUT2D eigenvalue weighted by atomic mass is 10.5. The summed E-state index contributed by atoms with van der Waals surface area (Å²) in [6.07, 6.45) is -0.991. The Hall–Kier alpha value is 2.29. The molecule has 11 heteroatoms. The molecule has 0 saturated heterocycles. The first-order chi connectivity index (χ1) is 15.7. The molecule has 0 spiro atoms. The first-order valence-electron chi connectivity index (χ1n) is 11.5. The molecule has 0 saturated carbocycles. The molecule has 0 aromatic heterocycles. The molecule has 6 unspecified atom stereocenters. The second-order valence-corrected chi connectivity index (χ2v) is 16.5. The fourth-order valence-corrected chi connectivity index (χ4v) is 11.3. The van der Waals surface area contributed by atoms with Crippen molar-refractivity contribution in [3.8, 4) is 0 Å². The molecule has 4 nitrogen and oxygen atoms in total. The lowest BCUT2D eigenvalue weighted by molar-refractivity contribution is 0.220. The van der Waals surface area contributed by atoms with Crippen LogP contribution in [-0.2, 0) is 0 Å². The molecule has 0 aliphatic heterocycles. The van der Waals surface area contributed by atoms with Gasteiger partial charge in [-0.25, -0.2) is 0 Å². The maximum Gasteiger partial charge on any atom is 0.0602 e. The van der Waals surface area contributed by atoms with Gasteiger partial charge in [-0.1, -0.05) is 0 Å². The highest BCUT2D eigenvalue weighted by Crippen LogP contribution is 2.28. The van der Waals surface area contributed by atoms with Crippen LogP contribution in [0.15, 0.2) is 0 Å². The second-order valence-electron chi connectivity index (χ2n) is 8.14. The van der Waals surface area contributed by atoms with Gasteiger partial charge in [-0.05, 0) is 27.7 Å². The second kappa shape index (κ2) is 24.6. The largest absolute Gasteiger partial charge is 0.393 e. The summed E-state index contributed by atoms with van der Waals surface area (Å²) >= 11 is 13.4. The van der Waals surface area contributed by atoms with Crippen molar-refractivity contribution in [1.29, 1.82) is 0 Å². The highest BCUT2D eigenvalue weighted by molar-refractivity contribution is 8.08. The van der Waals surface area contributed by atoms with Crippen LogP contribution < -0.4 is 0 Å². The first kappa shape index (κ1) is 35.3. The third-order valence-electron chi connectivity index (χ3n) is 3.82. The quantitative estimate of drug-likeness (QED) is 0.120. The Morgan fingerprint density at radius 1 is 0.394 bits per heavy atom. The van der Waals surface area contributed by atoms with E-state index in [4.69, 9.17) is 0 Å². The zero-order valence-corrected chi connectivity index (χ0v) is 26.3. The van der Waals surface area contributed by atoms with Gasteiger partial charge in [-0.3, -0.25) is 0 Å². The average molecular weight is 599 g/mol. The van der Waals surface area contributed by atoms with Crippen LogP contribution in [0.25, 0.3) is 0 Å². The molecule has 200 valence electrons. The summed E-state index contributed by atoms with van der Waals surface area (Å²) in [4.78, 5) is 0. The molecule has 0 radical (unpaired) electrons. The van der Waals surface area contributed by atoms with E-state index >= 15 is 0 Å². The van der Waals surface area contributed by atoms with Gasteiger partial charge in [0, 0.05) is 79.5 Å². The monoisotopic (exact) mass is 598 g/mol. The molecule has 0 aromatic rings. The van der Waals surface area contributed by atoms with E-state index in [1.807, 2.05) is 98.3 Å². The topological polar surface area (TPSA) is 80.9 Å². The molecular formula is C22H46O4S7. The van der Waals surface area contributed by atoms with E-state index in [1.165, 1.54) is 0 Å². The summed E-state index contributed by atoms with van der Waals surface area (Å²) in [6, 6.07) is 0. The lowest BCUT2D eigenvalue weighted by Gasteiger charge is -2.21. The smallest absolute Gasteiger partial charge is 0.0602 e. The minimum Gasteiger partial charge on any atom is -0.393 e. The predicted octanol–water partition coefficient (Wildman–Crippen LogP) is 4.38. The minimum absolute atomic E-state index is 0.230. The van der Waals surface area contributed by atoms with E-state index < -0.39 is 0 Å². The molecule has 0 aromatic carbocycles. The molecule has 0 amide bonds. The van der Waals surface area contributed by atoms with Gasteiger partial charge in [-0.2, -0.15) is 82.3 Å². The molecule has 0 aliphatic carbocycles. The van der Waals surface area contributed by atoms with Crippen LogP contribution >= 0.6 is 82.3 Å².